The van der Waals surface area contributed by atoms with E-state index in [1.807, 2.05) is 18.2 Å². The van der Waals surface area contributed by atoms with Gasteiger partial charge in [0.05, 0.1) is 23.4 Å². The standard InChI is InChI=1S/C21H26F2N6O2S/c1-29(32(2,30)31)16-5-3-14(4-6-16)17-11-18-19(26-10-9-25-18)20(28-17)27-13-15-12-24-8-7-21(15,22)23/h3,5-6,9-11,14-15,24H,4,7-8,12-13H2,1-2H3,(H,27,28)/t14?,15-/m0/s1. The fourth-order valence-corrected chi connectivity index (χ4v) is 4.40. The molecule has 0 bridgehead atoms. The van der Waals surface area contributed by atoms with Crippen LogP contribution in [0.1, 0.15) is 24.5 Å². The molecule has 8 nitrogen and oxygen atoms in total. The lowest BCUT2D eigenvalue weighted by Gasteiger charge is -2.32. The normalized spacial score (nSPS) is 23.1. The maximum atomic E-state index is 14.3. The molecule has 0 spiro atoms. The van der Waals surface area contributed by atoms with Crippen molar-refractivity contribution < 1.29 is 17.2 Å². The number of nitrogens with zero attached hydrogens (tertiary/aromatic N) is 4. The predicted octanol–water partition coefficient (Wildman–Crippen LogP) is 2.50. The summed E-state index contributed by atoms with van der Waals surface area (Å²) in [7, 11) is -1.84. The van der Waals surface area contributed by atoms with Crippen molar-refractivity contribution in [1.82, 2.24) is 24.6 Å². The number of fused-ring (bicyclic) bond motifs is 1. The molecule has 0 amide bonds. The molecular formula is C21H26F2N6O2S. The monoisotopic (exact) mass is 464 g/mol. The summed E-state index contributed by atoms with van der Waals surface area (Å²) in [6.07, 6.45) is 10.1. The summed E-state index contributed by atoms with van der Waals surface area (Å²) in [4.78, 5) is 13.4. The highest BCUT2D eigenvalue weighted by atomic mass is 32.2. The van der Waals surface area contributed by atoms with Crippen molar-refractivity contribution in [2.75, 3.05) is 38.3 Å². The Kier molecular flexibility index (Phi) is 6.13. The lowest BCUT2D eigenvalue weighted by molar-refractivity contribution is -0.0728. The molecule has 2 N–H and O–H groups in total. The van der Waals surface area contributed by atoms with Crippen LogP contribution in [0, 0.1) is 5.92 Å². The number of allylic oxidation sites excluding steroid dienone is 3. The Labute approximate surface area is 185 Å². The summed E-state index contributed by atoms with van der Waals surface area (Å²) in [5, 5.41) is 6.10. The van der Waals surface area contributed by atoms with E-state index in [4.69, 9.17) is 0 Å². The van der Waals surface area contributed by atoms with Crippen LogP contribution in [0.15, 0.2) is 42.4 Å². The fourth-order valence-electron chi connectivity index (χ4n) is 3.88. The van der Waals surface area contributed by atoms with Crippen LogP contribution in [0.4, 0.5) is 14.6 Å². The lowest BCUT2D eigenvalue weighted by Crippen LogP contribution is -2.47. The Hall–Kier alpha value is -2.66. The number of sulfonamides is 1. The van der Waals surface area contributed by atoms with Gasteiger partial charge < -0.3 is 10.6 Å². The van der Waals surface area contributed by atoms with Gasteiger partial charge in [-0.25, -0.2) is 27.2 Å². The molecular weight excluding hydrogens is 438 g/mol. The average molecular weight is 465 g/mol. The molecule has 1 unspecified atom stereocenters. The highest BCUT2D eigenvalue weighted by molar-refractivity contribution is 7.88. The minimum absolute atomic E-state index is 0.0613. The second kappa shape index (κ2) is 8.70. The number of likely N-dealkylation sites (N-methyl/N-ethyl adjacent to an activating group) is 1. The number of aromatic nitrogens is 3. The van der Waals surface area contributed by atoms with E-state index in [2.05, 4.69) is 25.6 Å². The van der Waals surface area contributed by atoms with E-state index in [1.54, 1.807) is 18.5 Å². The van der Waals surface area contributed by atoms with E-state index < -0.39 is 21.9 Å². The second-order valence-electron chi connectivity index (χ2n) is 8.17. The number of nitrogens with one attached hydrogen (secondary N) is 2. The number of hydrogen-bond acceptors (Lipinski definition) is 7. The number of hydrogen-bond donors (Lipinski definition) is 2. The summed E-state index contributed by atoms with van der Waals surface area (Å²) < 4.78 is 53.3. The number of halogens is 2. The van der Waals surface area contributed by atoms with E-state index in [0.29, 0.717) is 41.2 Å². The van der Waals surface area contributed by atoms with Crippen LogP contribution in [0.2, 0.25) is 0 Å². The molecule has 3 heterocycles. The first-order valence-electron chi connectivity index (χ1n) is 10.4. The van der Waals surface area contributed by atoms with Gasteiger partial charge in [-0.1, -0.05) is 12.2 Å². The predicted molar refractivity (Wildman–Crippen MR) is 119 cm³/mol. The number of rotatable bonds is 6. The van der Waals surface area contributed by atoms with Crippen molar-refractivity contribution in [3.05, 3.63) is 48.1 Å². The largest absolute Gasteiger partial charge is 0.368 e. The molecule has 2 aromatic rings. The smallest absolute Gasteiger partial charge is 0.255 e. The molecule has 1 saturated heterocycles. The Bertz CT molecular complexity index is 1170. The third-order valence-corrected chi connectivity index (χ3v) is 7.14. The zero-order valence-corrected chi connectivity index (χ0v) is 18.7. The summed E-state index contributed by atoms with van der Waals surface area (Å²) in [6.45, 7) is 0.603. The molecule has 32 heavy (non-hydrogen) atoms. The second-order valence-corrected chi connectivity index (χ2v) is 10.2. The van der Waals surface area contributed by atoms with Crippen molar-refractivity contribution >= 4 is 26.9 Å². The highest BCUT2D eigenvalue weighted by Crippen LogP contribution is 2.33. The Morgan fingerprint density at radius 2 is 2.09 bits per heavy atom. The van der Waals surface area contributed by atoms with Gasteiger partial charge in [-0.05, 0) is 18.6 Å². The van der Waals surface area contributed by atoms with Crippen molar-refractivity contribution in [2.45, 2.75) is 24.7 Å². The van der Waals surface area contributed by atoms with Gasteiger partial charge in [0.25, 0.3) is 5.92 Å². The molecule has 1 aliphatic carbocycles. The summed E-state index contributed by atoms with van der Waals surface area (Å²) in [5.74, 6) is -3.27. The van der Waals surface area contributed by atoms with Gasteiger partial charge in [-0.15, -0.1) is 0 Å². The van der Waals surface area contributed by atoms with E-state index in [-0.39, 0.29) is 25.4 Å². The third-order valence-electron chi connectivity index (χ3n) is 5.94. The zero-order valence-electron chi connectivity index (χ0n) is 17.9. The highest BCUT2D eigenvalue weighted by Gasteiger charge is 2.41. The summed E-state index contributed by atoms with van der Waals surface area (Å²) in [6, 6.07) is 1.83. The molecule has 2 aliphatic rings. The Morgan fingerprint density at radius 1 is 1.31 bits per heavy atom. The maximum absolute atomic E-state index is 14.3. The van der Waals surface area contributed by atoms with Crippen LogP contribution in [0.3, 0.4) is 0 Å². The van der Waals surface area contributed by atoms with E-state index in [9.17, 15) is 17.2 Å². The summed E-state index contributed by atoms with van der Waals surface area (Å²) >= 11 is 0. The minimum atomic E-state index is -3.34. The molecule has 0 saturated carbocycles. The SMILES string of the molecule is CN(C1=CCC(c2cc3nccnc3c(NC[C@@H]3CNCCC3(F)F)n2)C=C1)S(C)(=O)=O. The van der Waals surface area contributed by atoms with Crippen LogP contribution in [-0.4, -0.2) is 66.5 Å². The first-order valence-corrected chi connectivity index (χ1v) is 12.3. The summed E-state index contributed by atoms with van der Waals surface area (Å²) in [5.41, 5.74) is 2.44. The van der Waals surface area contributed by atoms with Crippen LogP contribution < -0.4 is 10.6 Å². The molecule has 11 heteroatoms. The number of alkyl halides is 2. The van der Waals surface area contributed by atoms with Gasteiger partial charge in [-0.3, -0.25) is 9.29 Å². The Balaban J connectivity index is 1.58. The minimum Gasteiger partial charge on any atom is -0.368 e. The van der Waals surface area contributed by atoms with Crippen molar-refractivity contribution in [2.24, 2.45) is 5.92 Å². The molecule has 1 aliphatic heterocycles. The van der Waals surface area contributed by atoms with E-state index >= 15 is 0 Å². The lowest BCUT2D eigenvalue weighted by atomic mass is 9.94. The average Bonchev–Trinajstić information content (AvgIpc) is 2.76. The van der Waals surface area contributed by atoms with Crippen molar-refractivity contribution in [1.29, 1.82) is 0 Å². The quantitative estimate of drug-likeness (QED) is 0.678. The topological polar surface area (TPSA) is 100 Å². The van der Waals surface area contributed by atoms with Gasteiger partial charge in [-0.2, -0.15) is 0 Å². The van der Waals surface area contributed by atoms with Gasteiger partial charge in [0, 0.05) is 57.1 Å². The fraction of sp³-hybridized carbons (Fsp3) is 0.476. The first kappa shape index (κ1) is 22.5. The van der Waals surface area contributed by atoms with Crippen LogP contribution in [-0.2, 0) is 10.0 Å². The molecule has 2 aromatic heterocycles. The van der Waals surface area contributed by atoms with E-state index in [0.717, 1.165) is 6.26 Å². The van der Waals surface area contributed by atoms with Gasteiger partial charge in [0.1, 0.15) is 5.52 Å². The molecule has 1 fully saturated rings. The number of piperidine rings is 1. The first-order chi connectivity index (χ1) is 15.1. The number of pyridine rings is 1. The maximum Gasteiger partial charge on any atom is 0.255 e. The molecule has 4 rings (SSSR count). The van der Waals surface area contributed by atoms with Crippen LogP contribution >= 0.6 is 0 Å². The van der Waals surface area contributed by atoms with Gasteiger partial charge >= 0.3 is 0 Å². The van der Waals surface area contributed by atoms with Gasteiger partial charge in [0.2, 0.25) is 10.0 Å². The van der Waals surface area contributed by atoms with E-state index in [1.165, 1.54) is 11.4 Å². The third kappa shape index (κ3) is 4.73. The van der Waals surface area contributed by atoms with Crippen molar-refractivity contribution in [3.63, 3.8) is 0 Å². The Morgan fingerprint density at radius 3 is 2.78 bits per heavy atom. The molecule has 172 valence electrons. The molecule has 2 atom stereocenters. The van der Waals surface area contributed by atoms with Crippen LogP contribution in [0.5, 0.6) is 0 Å². The number of anilines is 1. The van der Waals surface area contributed by atoms with Crippen molar-refractivity contribution in [3.8, 4) is 0 Å². The van der Waals surface area contributed by atoms with Crippen LogP contribution in [0.25, 0.3) is 11.0 Å². The molecule has 0 aromatic carbocycles. The molecule has 0 radical (unpaired) electrons. The van der Waals surface area contributed by atoms with Gasteiger partial charge in [0.15, 0.2) is 5.82 Å². The zero-order chi connectivity index (χ0) is 22.9.